The fourth-order valence-electron chi connectivity index (χ4n) is 1.65. The predicted octanol–water partition coefficient (Wildman–Crippen LogP) is -0.824. The molecular weight excluding hydrogens is 233 g/mol. The number of benzene rings is 1. The summed E-state index contributed by atoms with van der Waals surface area (Å²) in [5.41, 5.74) is 1.28. The van der Waals surface area contributed by atoms with E-state index in [1.807, 2.05) is 18.2 Å². The summed E-state index contributed by atoms with van der Waals surface area (Å²) in [4.78, 5) is 2.38. The Balaban J connectivity index is 0.00000112. The molecule has 1 aliphatic rings. The van der Waals surface area contributed by atoms with Crippen LogP contribution >= 0.6 is 11.6 Å². The maximum absolute atomic E-state index is 5.92. The molecule has 0 radical (unpaired) electrons. The van der Waals surface area contributed by atoms with Gasteiger partial charge < -0.3 is 17.1 Å². The second kappa shape index (κ2) is 6.33. The SMILES string of the molecule is Clc1cccc(CN2CCOCC2)c1.[Cl-]. The molecule has 1 aromatic rings. The summed E-state index contributed by atoms with van der Waals surface area (Å²) in [6, 6.07) is 8.04. The van der Waals surface area contributed by atoms with E-state index in [0.29, 0.717) is 0 Å². The molecule has 15 heavy (non-hydrogen) atoms. The summed E-state index contributed by atoms with van der Waals surface area (Å²) in [6.45, 7) is 4.71. The Morgan fingerprint density at radius 3 is 2.67 bits per heavy atom. The molecule has 1 heterocycles. The molecule has 0 N–H and O–H groups in total. The first-order valence-corrected chi connectivity index (χ1v) is 5.27. The van der Waals surface area contributed by atoms with Crippen molar-refractivity contribution in [1.29, 1.82) is 0 Å². The Morgan fingerprint density at radius 1 is 1.27 bits per heavy atom. The van der Waals surface area contributed by atoms with Gasteiger partial charge >= 0.3 is 0 Å². The summed E-state index contributed by atoms with van der Waals surface area (Å²) in [5.74, 6) is 0. The van der Waals surface area contributed by atoms with Crippen LogP contribution in [-0.2, 0) is 11.3 Å². The highest BCUT2D eigenvalue weighted by atomic mass is 35.5. The molecule has 0 unspecified atom stereocenters. The largest absolute Gasteiger partial charge is 1.00 e. The molecule has 0 bridgehead atoms. The molecule has 1 fully saturated rings. The minimum absolute atomic E-state index is 0. The monoisotopic (exact) mass is 246 g/mol. The minimum Gasteiger partial charge on any atom is -1.00 e. The molecule has 0 spiro atoms. The zero-order valence-electron chi connectivity index (χ0n) is 8.46. The van der Waals surface area contributed by atoms with Crippen molar-refractivity contribution in [2.45, 2.75) is 6.54 Å². The zero-order chi connectivity index (χ0) is 9.80. The lowest BCUT2D eigenvalue weighted by Crippen LogP contribution is -3.00. The number of rotatable bonds is 2. The van der Waals surface area contributed by atoms with Crippen molar-refractivity contribution in [2.24, 2.45) is 0 Å². The average molecular weight is 247 g/mol. The molecule has 84 valence electrons. The molecule has 0 aromatic heterocycles. The topological polar surface area (TPSA) is 12.5 Å². The van der Waals surface area contributed by atoms with Gasteiger partial charge in [-0.3, -0.25) is 4.90 Å². The first-order valence-electron chi connectivity index (χ1n) is 4.89. The Kier molecular flexibility index (Phi) is 5.40. The summed E-state index contributed by atoms with van der Waals surface area (Å²) in [6.07, 6.45) is 0. The van der Waals surface area contributed by atoms with Crippen molar-refractivity contribution in [2.75, 3.05) is 26.3 Å². The van der Waals surface area contributed by atoms with Crippen LogP contribution in [0.4, 0.5) is 0 Å². The number of morpholine rings is 1. The highest BCUT2D eigenvalue weighted by molar-refractivity contribution is 6.30. The Hall–Kier alpha value is -0.280. The fraction of sp³-hybridized carbons (Fsp3) is 0.455. The molecular formula is C11H14Cl2NO-. The molecule has 2 nitrogen and oxygen atoms in total. The van der Waals surface area contributed by atoms with Crippen LogP contribution in [0.3, 0.4) is 0 Å². The van der Waals surface area contributed by atoms with E-state index in [4.69, 9.17) is 16.3 Å². The minimum atomic E-state index is 0. The van der Waals surface area contributed by atoms with E-state index < -0.39 is 0 Å². The number of hydrogen-bond acceptors (Lipinski definition) is 2. The lowest BCUT2D eigenvalue weighted by atomic mass is 10.2. The van der Waals surface area contributed by atoms with Gasteiger partial charge in [0.05, 0.1) is 13.2 Å². The van der Waals surface area contributed by atoms with E-state index in [-0.39, 0.29) is 12.4 Å². The molecule has 1 aliphatic heterocycles. The van der Waals surface area contributed by atoms with Gasteiger partial charge in [0.2, 0.25) is 0 Å². The van der Waals surface area contributed by atoms with E-state index >= 15 is 0 Å². The number of nitrogens with zero attached hydrogens (tertiary/aromatic N) is 1. The Bertz CT molecular complexity index is 300. The molecule has 0 aliphatic carbocycles. The molecule has 0 saturated carbocycles. The molecule has 0 amide bonds. The second-order valence-corrected chi connectivity index (χ2v) is 3.95. The van der Waals surface area contributed by atoms with Crippen LogP contribution in [0, 0.1) is 0 Å². The van der Waals surface area contributed by atoms with Crippen molar-refractivity contribution in [3.8, 4) is 0 Å². The number of ether oxygens (including phenoxy) is 1. The van der Waals surface area contributed by atoms with Crippen LogP contribution in [0.5, 0.6) is 0 Å². The van der Waals surface area contributed by atoms with Crippen molar-refractivity contribution in [3.05, 3.63) is 34.9 Å². The van der Waals surface area contributed by atoms with Gasteiger partial charge in [0.1, 0.15) is 0 Å². The van der Waals surface area contributed by atoms with Gasteiger partial charge in [-0.1, -0.05) is 23.7 Å². The quantitative estimate of drug-likeness (QED) is 0.677. The van der Waals surface area contributed by atoms with Crippen LogP contribution in [-0.4, -0.2) is 31.2 Å². The molecule has 0 atom stereocenters. The van der Waals surface area contributed by atoms with Crippen molar-refractivity contribution in [1.82, 2.24) is 4.90 Å². The third-order valence-electron chi connectivity index (χ3n) is 2.40. The van der Waals surface area contributed by atoms with Crippen LogP contribution in [0.15, 0.2) is 24.3 Å². The Labute approximate surface area is 102 Å². The van der Waals surface area contributed by atoms with Crippen LogP contribution in [0.2, 0.25) is 5.02 Å². The fourth-order valence-corrected chi connectivity index (χ4v) is 1.87. The van der Waals surface area contributed by atoms with Crippen LogP contribution < -0.4 is 12.4 Å². The molecule has 4 heteroatoms. The van der Waals surface area contributed by atoms with E-state index in [0.717, 1.165) is 37.9 Å². The highest BCUT2D eigenvalue weighted by Gasteiger charge is 2.10. The van der Waals surface area contributed by atoms with Crippen LogP contribution in [0.1, 0.15) is 5.56 Å². The molecule has 1 aromatic carbocycles. The first-order chi connectivity index (χ1) is 6.84. The zero-order valence-corrected chi connectivity index (χ0v) is 9.97. The van der Waals surface area contributed by atoms with Crippen molar-refractivity contribution < 1.29 is 17.1 Å². The van der Waals surface area contributed by atoms with E-state index in [9.17, 15) is 0 Å². The molecule has 1 saturated heterocycles. The van der Waals surface area contributed by atoms with Gasteiger partial charge in [-0.05, 0) is 17.7 Å². The van der Waals surface area contributed by atoms with E-state index in [2.05, 4.69) is 11.0 Å². The van der Waals surface area contributed by atoms with E-state index in [1.54, 1.807) is 0 Å². The van der Waals surface area contributed by atoms with E-state index in [1.165, 1.54) is 5.56 Å². The Morgan fingerprint density at radius 2 is 2.00 bits per heavy atom. The maximum Gasteiger partial charge on any atom is 0.0594 e. The third-order valence-corrected chi connectivity index (χ3v) is 2.63. The summed E-state index contributed by atoms with van der Waals surface area (Å²) in [5, 5.41) is 0.816. The average Bonchev–Trinajstić information content (AvgIpc) is 2.19. The first kappa shape index (κ1) is 12.8. The number of halogens is 2. The normalized spacial score (nSPS) is 17.1. The maximum atomic E-state index is 5.92. The standard InChI is InChI=1S/C11H14ClNO.ClH/c12-11-3-1-2-10(8-11)9-13-4-6-14-7-5-13;/h1-3,8H,4-7,9H2;1H/p-1. The predicted molar refractivity (Wildman–Crippen MR) is 57.5 cm³/mol. The van der Waals surface area contributed by atoms with Crippen LogP contribution in [0.25, 0.3) is 0 Å². The highest BCUT2D eigenvalue weighted by Crippen LogP contribution is 2.13. The van der Waals surface area contributed by atoms with Gasteiger partial charge in [0, 0.05) is 24.7 Å². The van der Waals surface area contributed by atoms with Crippen molar-refractivity contribution >= 4 is 11.6 Å². The second-order valence-electron chi connectivity index (χ2n) is 3.52. The third kappa shape index (κ3) is 3.99. The number of hydrogen-bond donors (Lipinski definition) is 0. The van der Waals surface area contributed by atoms with Gasteiger partial charge in [0.25, 0.3) is 0 Å². The van der Waals surface area contributed by atoms with Gasteiger partial charge in [0.15, 0.2) is 0 Å². The molecule has 2 rings (SSSR count). The summed E-state index contributed by atoms with van der Waals surface area (Å²) >= 11 is 5.92. The van der Waals surface area contributed by atoms with Gasteiger partial charge in [-0.15, -0.1) is 0 Å². The lowest BCUT2D eigenvalue weighted by Gasteiger charge is -2.26. The summed E-state index contributed by atoms with van der Waals surface area (Å²) < 4.78 is 5.29. The smallest absolute Gasteiger partial charge is 0.0594 e. The van der Waals surface area contributed by atoms with Gasteiger partial charge in [-0.2, -0.15) is 0 Å². The van der Waals surface area contributed by atoms with Gasteiger partial charge in [-0.25, -0.2) is 0 Å². The van der Waals surface area contributed by atoms with Crippen molar-refractivity contribution in [3.63, 3.8) is 0 Å². The lowest BCUT2D eigenvalue weighted by molar-refractivity contribution is -0.00000487. The summed E-state index contributed by atoms with van der Waals surface area (Å²) in [7, 11) is 0.